The van der Waals surface area contributed by atoms with E-state index in [1.54, 1.807) is 18.5 Å². The molecule has 0 bridgehead atoms. The van der Waals surface area contributed by atoms with Gasteiger partial charge in [0.25, 0.3) is 5.91 Å². The van der Waals surface area contributed by atoms with E-state index in [0.29, 0.717) is 24.3 Å². The van der Waals surface area contributed by atoms with E-state index in [2.05, 4.69) is 41.1 Å². The Morgan fingerprint density at radius 3 is 2.90 bits per heavy atom. The van der Waals surface area contributed by atoms with Crippen molar-refractivity contribution in [2.75, 3.05) is 12.4 Å². The van der Waals surface area contributed by atoms with Crippen molar-refractivity contribution in [3.05, 3.63) is 29.6 Å². The van der Waals surface area contributed by atoms with Crippen molar-refractivity contribution >= 4 is 31.7 Å². The van der Waals surface area contributed by atoms with Crippen LogP contribution >= 0.6 is 12.0 Å². The fourth-order valence-corrected chi connectivity index (χ4v) is 2.73. The Bertz CT molecular complexity index is 619. The molecule has 0 aliphatic carbocycles. The van der Waals surface area contributed by atoms with Gasteiger partial charge in [0.05, 0.1) is 17.9 Å². The van der Waals surface area contributed by atoms with Gasteiger partial charge in [-0.3, -0.25) is 9.78 Å². The van der Waals surface area contributed by atoms with Crippen molar-refractivity contribution in [3.63, 3.8) is 0 Å². The zero-order chi connectivity index (χ0) is 15.3. The molecule has 0 saturated carbocycles. The lowest BCUT2D eigenvalue weighted by molar-refractivity contribution is 0.100. The Balaban J connectivity index is 2.16. The van der Waals surface area contributed by atoms with E-state index in [1.165, 1.54) is 12.0 Å². The molecule has 1 fully saturated rings. The van der Waals surface area contributed by atoms with E-state index in [-0.39, 0.29) is 5.91 Å². The molecule has 1 amide bonds. The van der Waals surface area contributed by atoms with Crippen molar-refractivity contribution in [2.45, 2.75) is 26.1 Å². The van der Waals surface area contributed by atoms with Gasteiger partial charge in [0.1, 0.15) is 8.07 Å². The van der Waals surface area contributed by atoms with Crippen LogP contribution in [0.2, 0.25) is 19.6 Å². The second-order valence-electron chi connectivity index (χ2n) is 5.78. The monoisotopic (exact) mass is 318 g/mol. The van der Waals surface area contributed by atoms with Crippen LogP contribution in [-0.2, 0) is 4.18 Å². The summed E-state index contributed by atoms with van der Waals surface area (Å²) in [5.74, 6) is 3.50. The molecule has 0 spiro atoms. The van der Waals surface area contributed by atoms with Gasteiger partial charge in [-0.05, 0) is 18.1 Å². The summed E-state index contributed by atoms with van der Waals surface area (Å²) >= 11 is 1.34. The summed E-state index contributed by atoms with van der Waals surface area (Å²) in [7, 11) is -1.44. The van der Waals surface area contributed by atoms with Crippen molar-refractivity contribution in [2.24, 2.45) is 4.99 Å². The first-order valence-corrected chi connectivity index (χ1v) is 11.2. The fourth-order valence-electron chi connectivity index (χ4n) is 1.58. The minimum absolute atomic E-state index is 0.253. The van der Waals surface area contributed by atoms with Gasteiger partial charge in [0, 0.05) is 30.1 Å². The highest BCUT2D eigenvalue weighted by atomic mass is 32.2. The predicted molar refractivity (Wildman–Crippen MR) is 89.3 cm³/mol. The molecule has 4 nitrogen and oxygen atoms in total. The lowest BCUT2D eigenvalue weighted by Crippen LogP contribution is -2.16. The molecule has 0 aromatic carbocycles. The fraction of sp³-hybridized carbons (Fsp3) is 0.400. The molecule has 1 aromatic rings. The molecule has 2 rings (SSSR count). The minimum Gasteiger partial charge on any atom is -0.315 e. The van der Waals surface area contributed by atoms with Gasteiger partial charge in [-0.2, -0.15) is 0 Å². The lowest BCUT2D eigenvalue weighted by Gasteiger charge is -2.11. The van der Waals surface area contributed by atoms with Gasteiger partial charge in [-0.1, -0.05) is 25.6 Å². The van der Waals surface area contributed by atoms with Gasteiger partial charge in [0.15, 0.2) is 0 Å². The molecule has 21 heavy (non-hydrogen) atoms. The highest BCUT2D eigenvalue weighted by Crippen LogP contribution is 2.13. The highest BCUT2D eigenvalue weighted by Gasteiger charge is 2.12. The number of nitrogens with zero attached hydrogens (tertiary/aromatic N) is 2. The number of carbonyl (C=O) groups is 1. The zero-order valence-electron chi connectivity index (χ0n) is 12.5. The number of carbonyl (C=O) groups excluding carboxylic acids is 1. The number of hydrogen-bond acceptors (Lipinski definition) is 4. The number of pyridine rings is 1. The summed E-state index contributed by atoms with van der Waals surface area (Å²) in [6.45, 7) is 7.14. The van der Waals surface area contributed by atoms with Crippen molar-refractivity contribution in [3.8, 4) is 11.5 Å². The summed E-state index contributed by atoms with van der Waals surface area (Å²) in [5.41, 5.74) is 5.39. The van der Waals surface area contributed by atoms with E-state index in [4.69, 9.17) is 4.18 Å². The van der Waals surface area contributed by atoms with E-state index in [1.807, 2.05) is 0 Å². The highest BCUT2D eigenvalue weighted by molar-refractivity contribution is 7.95. The Labute approximate surface area is 130 Å². The van der Waals surface area contributed by atoms with E-state index in [0.717, 1.165) is 11.3 Å². The van der Waals surface area contributed by atoms with Crippen LogP contribution in [0.1, 0.15) is 22.3 Å². The number of amides is 1. The van der Waals surface area contributed by atoms with Crippen LogP contribution in [0.25, 0.3) is 0 Å². The zero-order valence-corrected chi connectivity index (χ0v) is 14.3. The maximum absolute atomic E-state index is 12.1. The first-order valence-electron chi connectivity index (χ1n) is 6.77. The number of aliphatic imine (C=N–C) groups is 1. The average molecular weight is 318 g/mol. The molecular formula is C15H18N2O2SSi. The summed E-state index contributed by atoms with van der Waals surface area (Å²) in [6, 6.07) is 1.76. The normalized spacial score (nSPS) is 17.2. The maximum atomic E-state index is 12.1. The van der Waals surface area contributed by atoms with Crippen molar-refractivity contribution in [1.29, 1.82) is 0 Å². The lowest BCUT2D eigenvalue weighted by atomic mass is 10.2. The number of aromatic nitrogens is 1. The molecular weight excluding hydrogens is 300 g/mol. The van der Waals surface area contributed by atoms with Gasteiger partial charge >= 0.3 is 0 Å². The standard InChI is InChI=1S/C15H18N2O2SSi/c1-21(2,3)7-5-12-8-13(10-16-9-12)15(18)17-14-4-6-19-20-11-14/h8-10H,4,6,11H2,1-3H3. The van der Waals surface area contributed by atoms with Crippen LogP contribution < -0.4 is 0 Å². The third-order valence-electron chi connectivity index (χ3n) is 2.61. The van der Waals surface area contributed by atoms with Gasteiger partial charge in [-0.25, -0.2) is 4.99 Å². The average Bonchev–Trinajstić information content (AvgIpc) is 2.46. The van der Waals surface area contributed by atoms with Crippen LogP contribution in [0, 0.1) is 11.5 Å². The SMILES string of the molecule is C[Si](C)(C)C#Cc1cncc(C(=O)N=C2CCOSC2)c1. The Morgan fingerprint density at radius 1 is 1.43 bits per heavy atom. The first-order chi connectivity index (χ1) is 9.94. The molecule has 0 N–H and O–H groups in total. The van der Waals surface area contributed by atoms with Crippen LogP contribution in [-0.4, -0.2) is 37.0 Å². The molecule has 0 unspecified atom stereocenters. The van der Waals surface area contributed by atoms with Crippen LogP contribution in [0.4, 0.5) is 0 Å². The van der Waals surface area contributed by atoms with Gasteiger partial charge in [-0.15, -0.1) is 5.54 Å². The molecule has 1 aliphatic rings. The molecule has 1 aromatic heterocycles. The van der Waals surface area contributed by atoms with Crippen molar-refractivity contribution < 1.29 is 8.98 Å². The first kappa shape index (κ1) is 16.0. The summed E-state index contributed by atoms with van der Waals surface area (Å²) in [4.78, 5) is 20.4. The second-order valence-corrected chi connectivity index (χ2v) is 11.3. The Hall–Kier alpha value is -1.42. The van der Waals surface area contributed by atoms with Crippen molar-refractivity contribution in [1.82, 2.24) is 4.98 Å². The Kier molecular flexibility index (Phi) is 5.34. The van der Waals surface area contributed by atoms with E-state index in [9.17, 15) is 4.79 Å². The molecule has 1 saturated heterocycles. The molecule has 110 valence electrons. The van der Waals surface area contributed by atoms with Gasteiger partial charge in [0.2, 0.25) is 0 Å². The summed E-state index contributed by atoms with van der Waals surface area (Å²) in [5, 5.41) is 0. The van der Waals surface area contributed by atoms with E-state index >= 15 is 0 Å². The largest absolute Gasteiger partial charge is 0.315 e. The summed E-state index contributed by atoms with van der Waals surface area (Å²) in [6.07, 6.45) is 3.93. The predicted octanol–water partition coefficient (Wildman–Crippen LogP) is 2.96. The molecule has 2 heterocycles. The third kappa shape index (κ3) is 5.46. The van der Waals surface area contributed by atoms with Crippen LogP contribution in [0.15, 0.2) is 23.5 Å². The smallest absolute Gasteiger partial charge is 0.278 e. The number of rotatable bonds is 1. The Morgan fingerprint density at radius 2 is 2.24 bits per heavy atom. The molecule has 1 aliphatic heterocycles. The minimum atomic E-state index is -1.44. The van der Waals surface area contributed by atoms with Crippen LogP contribution in [0.3, 0.4) is 0 Å². The topological polar surface area (TPSA) is 51.5 Å². The van der Waals surface area contributed by atoms with Gasteiger partial charge < -0.3 is 4.18 Å². The van der Waals surface area contributed by atoms with E-state index < -0.39 is 8.07 Å². The molecule has 0 atom stereocenters. The quantitative estimate of drug-likeness (QED) is 0.454. The molecule has 6 heteroatoms. The summed E-state index contributed by atoms with van der Waals surface area (Å²) < 4.78 is 5.17. The maximum Gasteiger partial charge on any atom is 0.278 e. The second kappa shape index (κ2) is 7.03. The third-order valence-corrected chi connectivity index (χ3v) is 4.27. The van der Waals surface area contributed by atoms with Crippen LogP contribution in [0.5, 0.6) is 0 Å². The molecule has 0 radical (unpaired) electrons. The number of hydrogen-bond donors (Lipinski definition) is 0.